The van der Waals surface area contributed by atoms with Crippen LogP contribution in [-0.4, -0.2) is 25.7 Å². The Balaban J connectivity index is 3.30. The van der Waals surface area contributed by atoms with E-state index >= 15 is 0 Å². The van der Waals surface area contributed by atoms with Crippen molar-refractivity contribution in [2.24, 2.45) is 0 Å². The molecule has 0 fully saturated rings. The zero-order valence-electron chi connectivity index (χ0n) is 9.67. The van der Waals surface area contributed by atoms with E-state index in [0.717, 1.165) is 12.1 Å². The Labute approximate surface area is 122 Å². The van der Waals surface area contributed by atoms with Gasteiger partial charge in [0.25, 0.3) is 0 Å². The number of rotatable bonds is 4. The van der Waals surface area contributed by atoms with Crippen molar-refractivity contribution in [2.75, 3.05) is 6.61 Å². The monoisotopic (exact) mass is 403 g/mol. The van der Waals surface area contributed by atoms with Crippen molar-refractivity contribution < 1.29 is 17.9 Å². The molecule has 1 rings (SSSR count). The quantitative estimate of drug-likeness (QED) is 0.809. The molecular weight excluding hydrogens is 393 g/mol. The molecule has 0 radical (unpaired) electrons. The highest BCUT2D eigenvalue weighted by Gasteiger charge is 2.29. The van der Waals surface area contributed by atoms with E-state index in [4.69, 9.17) is 5.11 Å². The summed E-state index contributed by atoms with van der Waals surface area (Å²) in [5.74, 6) is -0.561. The van der Waals surface area contributed by atoms with Crippen LogP contribution in [0.4, 0.5) is 4.39 Å². The summed E-state index contributed by atoms with van der Waals surface area (Å²) in [5.41, 5.74) is -1.01. The fraction of sp³-hybridized carbons (Fsp3) is 0.400. The van der Waals surface area contributed by atoms with Crippen LogP contribution < -0.4 is 4.72 Å². The molecule has 0 aliphatic heterocycles. The highest BCUT2D eigenvalue weighted by Crippen LogP contribution is 2.31. The van der Waals surface area contributed by atoms with E-state index in [2.05, 4.69) is 36.6 Å². The lowest BCUT2D eigenvalue weighted by Crippen LogP contribution is -2.46. The van der Waals surface area contributed by atoms with E-state index in [9.17, 15) is 12.8 Å². The van der Waals surface area contributed by atoms with Crippen molar-refractivity contribution >= 4 is 41.9 Å². The van der Waals surface area contributed by atoms with Crippen molar-refractivity contribution in [1.82, 2.24) is 4.72 Å². The third-order valence-electron chi connectivity index (χ3n) is 2.04. The van der Waals surface area contributed by atoms with Crippen LogP contribution in [0.1, 0.15) is 13.8 Å². The first-order valence-corrected chi connectivity index (χ1v) is 7.95. The van der Waals surface area contributed by atoms with Crippen LogP contribution in [0.2, 0.25) is 0 Å². The second-order valence-corrected chi connectivity index (χ2v) is 7.67. The van der Waals surface area contributed by atoms with Gasteiger partial charge in [-0.05, 0) is 57.8 Å². The Kier molecular flexibility index (Phi) is 4.93. The van der Waals surface area contributed by atoms with Gasteiger partial charge in [0.15, 0.2) is 0 Å². The van der Waals surface area contributed by atoms with Gasteiger partial charge >= 0.3 is 0 Å². The number of halogens is 3. The van der Waals surface area contributed by atoms with E-state index in [1.165, 1.54) is 13.8 Å². The van der Waals surface area contributed by atoms with Crippen LogP contribution in [-0.2, 0) is 10.0 Å². The topological polar surface area (TPSA) is 66.4 Å². The summed E-state index contributed by atoms with van der Waals surface area (Å²) in [6.45, 7) is 2.72. The van der Waals surface area contributed by atoms with Crippen LogP contribution >= 0.6 is 31.9 Å². The molecule has 0 spiro atoms. The van der Waals surface area contributed by atoms with Crippen molar-refractivity contribution in [2.45, 2.75) is 24.3 Å². The summed E-state index contributed by atoms with van der Waals surface area (Å²) in [5, 5.41) is 9.08. The molecule has 0 saturated carbocycles. The van der Waals surface area contributed by atoms with E-state index in [1.54, 1.807) is 0 Å². The van der Waals surface area contributed by atoms with Crippen molar-refractivity contribution in [3.63, 3.8) is 0 Å². The first-order valence-electron chi connectivity index (χ1n) is 4.88. The Morgan fingerprint density at radius 1 is 1.33 bits per heavy atom. The van der Waals surface area contributed by atoms with Gasteiger partial charge in [0.1, 0.15) is 10.7 Å². The molecule has 1 aromatic carbocycles. The summed E-state index contributed by atoms with van der Waals surface area (Å²) in [7, 11) is -3.88. The molecule has 0 saturated heterocycles. The van der Waals surface area contributed by atoms with E-state index in [0.29, 0.717) is 0 Å². The molecule has 4 nitrogen and oxygen atoms in total. The number of nitrogens with one attached hydrogen (secondary N) is 1. The fourth-order valence-corrected chi connectivity index (χ4v) is 5.17. The average molecular weight is 405 g/mol. The number of hydrogen-bond donors (Lipinski definition) is 2. The Bertz CT molecular complexity index is 537. The maximum Gasteiger partial charge on any atom is 0.243 e. The molecule has 102 valence electrons. The van der Waals surface area contributed by atoms with Crippen LogP contribution in [0, 0.1) is 5.82 Å². The predicted octanol–water partition coefficient (Wildman–Crippen LogP) is 2.40. The first-order chi connectivity index (χ1) is 8.09. The maximum absolute atomic E-state index is 13.1. The van der Waals surface area contributed by atoms with Gasteiger partial charge in [-0.15, -0.1) is 0 Å². The lowest BCUT2D eigenvalue weighted by molar-refractivity contribution is 0.208. The van der Waals surface area contributed by atoms with Gasteiger partial charge in [-0.2, -0.15) is 0 Å². The van der Waals surface area contributed by atoms with Gasteiger partial charge in [0.2, 0.25) is 10.0 Å². The second kappa shape index (κ2) is 5.54. The van der Waals surface area contributed by atoms with Gasteiger partial charge in [-0.25, -0.2) is 17.5 Å². The van der Waals surface area contributed by atoms with Gasteiger partial charge in [0.05, 0.1) is 12.1 Å². The average Bonchev–Trinajstić information content (AvgIpc) is 2.13. The summed E-state index contributed by atoms with van der Waals surface area (Å²) in [6.07, 6.45) is 0. The minimum atomic E-state index is -3.88. The van der Waals surface area contributed by atoms with Crippen molar-refractivity contribution in [1.29, 1.82) is 0 Å². The summed E-state index contributed by atoms with van der Waals surface area (Å²) in [4.78, 5) is -0.106. The molecule has 0 unspecified atom stereocenters. The SMILES string of the molecule is CC(C)(CO)NS(=O)(=O)c1c(Br)cc(F)cc1Br. The van der Waals surface area contributed by atoms with E-state index in [1.807, 2.05) is 0 Å². The molecule has 0 amide bonds. The minimum absolute atomic E-state index is 0.106. The van der Waals surface area contributed by atoms with Gasteiger partial charge in [-0.3, -0.25) is 0 Å². The minimum Gasteiger partial charge on any atom is -0.394 e. The predicted molar refractivity (Wildman–Crippen MR) is 73.3 cm³/mol. The standard InChI is InChI=1S/C10H12Br2FNO3S/c1-10(2,5-15)14-18(16,17)9-7(11)3-6(13)4-8(9)12/h3-4,14-15H,5H2,1-2H3. The number of aliphatic hydroxyl groups excluding tert-OH is 1. The molecule has 0 aliphatic carbocycles. The molecule has 0 heterocycles. The lowest BCUT2D eigenvalue weighted by Gasteiger charge is -2.23. The molecule has 8 heteroatoms. The van der Waals surface area contributed by atoms with Crippen molar-refractivity contribution in [3.05, 3.63) is 26.9 Å². The normalized spacial score (nSPS) is 12.8. The number of aliphatic hydroxyl groups is 1. The molecule has 18 heavy (non-hydrogen) atoms. The number of hydrogen-bond acceptors (Lipinski definition) is 3. The molecule has 0 aliphatic rings. The summed E-state index contributed by atoms with van der Waals surface area (Å²) >= 11 is 6.02. The fourth-order valence-electron chi connectivity index (χ4n) is 1.23. The van der Waals surface area contributed by atoms with Crippen LogP contribution in [0.3, 0.4) is 0 Å². The first kappa shape index (κ1) is 16.0. The largest absolute Gasteiger partial charge is 0.394 e. The van der Waals surface area contributed by atoms with Gasteiger partial charge < -0.3 is 5.11 Å². The lowest BCUT2D eigenvalue weighted by atomic mass is 10.1. The maximum atomic E-state index is 13.1. The molecule has 0 aromatic heterocycles. The zero-order valence-corrected chi connectivity index (χ0v) is 13.7. The molecular formula is C10H12Br2FNO3S. The van der Waals surface area contributed by atoms with Crippen LogP contribution in [0.25, 0.3) is 0 Å². The smallest absolute Gasteiger partial charge is 0.243 e. The van der Waals surface area contributed by atoms with Crippen LogP contribution in [0.5, 0.6) is 0 Å². The zero-order chi connectivity index (χ0) is 14.1. The summed E-state index contributed by atoms with van der Waals surface area (Å²) < 4.78 is 39.9. The Hall–Kier alpha value is -0.0200. The Morgan fingerprint density at radius 2 is 1.78 bits per heavy atom. The molecule has 0 atom stereocenters. The highest BCUT2D eigenvalue weighted by molar-refractivity contribution is 9.11. The third-order valence-corrected chi connectivity index (χ3v) is 5.61. The van der Waals surface area contributed by atoms with E-state index < -0.39 is 21.4 Å². The molecule has 0 bridgehead atoms. The van der Waals surface area contributed by atoms with Gasteiger partial charge in [-0.1, -0.05) is 0 Å². The summed E-state index contributed by atoms with van der Waals surface area (Å²) in [6, 6.07) is 2.12. The molecule has 1 aromatic rings. The molecule has 2 N–H and O–H groups in total. The van der Waals surface area contributed by atoms with Gasteiger partial charge in [0, 0.05) is 8.95 Å². The number of benzene rings is 1. The van der Waals surface area contributed by atoms with E-state index in [-0.39, 0.29) is 20.4 Å². The van der Waals surface area contributed by atoms with Crippen molar-refractivity contribution in [3.8, 4) is 0 Å². The number of sulfonamides is 1. The second-order valence-electron chi connectivity index (χ2n) is 4.35. The van der Waals surface area contributed by atoms with Crippen LogP contribution in [0.15, 0.2) is 26.0 Å². The third kappa shape index (κ3) is 3.74. The highest BCUT2D eigenvalue weighted by atomic mass is 79.9. The Morgan fingerprint density at radius 3 is 2.17 bits per heavy atom.